The monoisotopic (exact) mass is 299 g/mol. The van der Waals surface area contributed by atoms with Gasteiger partial charge in [0.15, 0.2) is 0 Å². The van der Waals surface area contributed by atoms with Crippen molar-refractivity contribution in [1.29, 1.82) is 0 Å². The zero-order chi connectivity index (χ0) is 15.8. The molecule has 126 valence electrons. The molecular formula is C18H37NO2. The van der Waals surface area contributed by atoms with Gasteiger partial charge in [0.1, 0.15) is 0 Å². The number of hydrogen-bond donors (Lipinski definition) is 1. The van der Waals surface area contributed by atoms with E-state index in [0.717, 1.165) is 25.7 Å². The van der Waals surface area contributed by atoms with Crippen LogP contribution in [0.1, 0.15) is 97.3 Å². The van der Waals surface area contributed by atoms with Crippen LogP contribution in [0.3, 0.4) is 0 Å². The van der Waals surface area contributed by atoms with Crippen LogP contribution in [-0.4, -0.2) is 17.8 Å². The molecule has 0 aromatic carbocycles. The number of hydrogen-bond acceptors (Lipinski definition) is 3. The van der Waals surface area contributed by atoms with Gasteiger partial charge in [-0.05, 0) is 12.8 Å². The molecule has 0 fully saturated rings. The molecule has 0 aromatic heterocycles. The average Bonchev–Trinajstić information content (AvgIpc) is 2.49. The molecule has 0 saturated heterocycles. The molecule has 0 saturated carbocycles. The van der Waals surface area contributed by atoms with E-state index in [1.165, 1.54) is 57.8 Å². The van der Waals surface area contributed by atoms with Crippen molar-refractivity contribution in [3.05, 3.63) is 4.91 Å². The molecule has 3 heteroatoms. The second kappa shape index (κ2) is 15.9. The van der Waals surface area contributed by atoms with Gasteiger partial charge in [0.25, 0.3) is 0 Å². The van der Waals surface area contributed by atoms with E-state index in [4.69, 9.17) is 0 Å². The third kappa shape index (κ3) is 13.0. The van der Waals surface area contributed by atoms with Crippen molar-refractivity contribution < 1.29 is 5.11 Å². The normalized spacial score (nSPS) is 14.0. The molecule has 0 rings (SSSR count). The third-order valence-electron chi connectivity index (χ3n) is 4.39. The summed E-state index contributed by atoms with van der Waals surface area (Å²) < 4.78 is 0. The van der Waals surface area contributed by atoms with E-state index in [-0.39, 0.29) is 18.6 Å². The second-order valence-electron chi connectivity index (χ2n) is 6.40. The lowest BCUT2D eigenvalue weighted by Gasteiger charge is -2.20. The summed E-state index contributed by atoms with van der Waals surface area (Å²) in [6, 6.07) is 0. The Hall–Kier alpha value is -0.440. The lowest BCUT2D eigenvalue weighted by atomic mass is 9.91. The van der Waals surface area contributed by atoms with Crippen LogP contribution < -0.4 is 0 Å². The predicted octanol–water partition coefficient (Wildman–Crippen LogP) is 5.84. The van der Waals surface area contributed by atoms with Gasteiger partial charge in [-0.15, -0.1) is 0 Å². The Morgan fingerprint density at radius 3 is 1.76 bits per heavy atom. The van der Waals surface area contributed by atoms with Crippen molar-refractivity contribution in [3.63, 3.8) is 0 Å². The minimum atomic E-state index is -0.333. The number of aliphatic hydroxyl groups is 1. The SMILES string of the molecule is CCCCCCCCC(O)C(CCCCCCC)CN=O. The first kappa shape index (κ1) is 20.6. The molecule has 0 bridgehead atoms. The van der Waals surface area contributed by atoms with Gasteiger partial charge in [0.2, 0.25) is 0 Å². The first-order chi connectivity index (χ1) is 10.3. The van der Waals surface area contributed by atoms with Gasteiger partial charge in [-0.2, -0.15) is 4.91 Å². The lowest BCUT2D eigenvalue weighted by Crippen LogP contribution is -2.23. The van der Waals surface area contributed by atoms with E-state index in [9.17, 15) is 10.0 Å². The molecule has 0 radical (unpaired) electrons. The molecular weight excluding hydrogens is 262 g/mol. The molecule has 0 aliphatic heterocycles. The maximum absolute atomic E-state index is 10.5. The summed E-state index contributed by atoms with van der Waals surface area (Å²) in [5, 5.41) is 13.3. The number of rotatable bonds is 16. The van der Waals surface area contributed by atoms with Gasteiger partial charge in [0.05, 0.1) is 12.6 Å². The summed E-state index contributed by atoms with van der Waals surface area (Å²) in [5.74, 6) is 0.0831. The Labute approximate surface area is 131 Å². The van der Waals surface area contributed by atoms with E-state index < -0.39 is 0 Å². The predicted molar refractivity (Wildman–Crippen MR) is 91.5 cm³/mol. The van der Waals surface area contributed by atoms with Crippen LogP contribution in [0.4, 0.5) is 0 Å². The van der Waals surface area contributed by atoms with Gasteiger partial charge in [-0.1, -0.05) is 89.7 Å². The molecule has 0 spiro atoms. The Morgan fingerprint density at radius 1 is 0.762 bits per heavy atom. The number of nitrogens with zero attached hydrogens (tertiary/aromatic N) is 1. The van der Waals surface area contributed by atoms with Crippen molar-refractivity contribution >= 4 is 0 Å². The van der Waals surface area contributed by atoms with Crippen molar-refractivity contribution in [3.8, 4) is 0 Å². The summed E-state index contributed by atoms with van der Waals surface area (Å²) in [5.41, 5.74) is 0. The van der Waals surface area contributed by atoms with Crippen LogP contribution in [0.2, 0.25) is 0 Å². The quantitative estimate of drug-likeness (QED) is 0.287. The fourth-order valence-electron chi connectivity index (χ4n) is 2.88. The Kier molecular flexibility index (Phi) is 15.6. The van der Waals surface area contributed by atoms with Crippen molar-refractivity contribution in [2.75, 3.05) is 6.54 Å². The molecule has 2 unspecified atom stereocenters. The first-order valence-corrected chi connectivity index (χ1v) is 9.23. The fourth-order valence-corrected chi connectivity index (χ4v) is 2.88. The topological polar surface area (TPSA) is 49.7 Å². The Balaban J connectivity index is 3.73. The van der Waals surface area contributed by atoms with Gasteiger partial charge < -0.3 is 5.11 Å². The number of nitroso groups, excluding NO2 is 1. The Morgan fingerprint density at radius 2 is 1.24 bits per heavy atom. The zero-order valence-electron chi connectivity index (χ0n) is 14.4. The highest BCUT2D eigenvalue weighted by atomic mass is 16.3. The number of unbranched alkanes of at least 4 members (excludes halogenated alkanes) is 9. The van der Waals surface area contributed by atoms with Gasteiger partial charge in [-0.25, -0.2) is 0 Å². The molecule has 2 atom stereocenters. The summed E-state index contributed by atoms with van der Waals surface area (Å²) in [6.07, 6.45) is 15.0. The highest BCUT2D eigenvalue weighted by Gasteiger charge is 2.18. The fraction of sp³-hybridized carbons (Fsp3) is 1.00. The summed E-state index contributed by atoms with van der Waals surface area (Å²) in [4.78, 5) is 10.5. The summed E-state index contributed by atoms with van der Waals surface area (Å²) >= 11 is 0. The molecule has 21 heavy (non-hydrogen) atoms. The van der Waals surface area contributed by atoms with E-state index >= 15 is 0 Å². The highest BCUT2D eigenvalue weighted by Crippen LogP contribution is 2.20. The van der Waals surface area contributed by atoms with E-state index in [0.29, 0.717) is 0 Å². The van der Waals surface area contributed by atoms with E-state index in [1.807, 2.05) is 0 Å². The van der Waals surface area contributed by atoms with E-state index in [1.54, 1.807) is 0 Å². The lowest BCUT2D eigenvalue weighted by molar-refractivity contribution is 0.0935. The molecule has 1 N–H and O–H groups in total. The smallest absolute Gasteiger partial charge is 0.0863 e. The zero-order valence-corrected chi connectivity index (χ0v) is 14.4. The largest absolute Gasteiger partial charge is 0.393 e. The molecule has 0 aliphatic carbocycles. The van der Waals surface area contributed by atoms with Gasteiger partial charge >= 0.3 is 0 Å². The molecule has 0 aliphatic rings. The second-order valence-corrected chi connectivity index (χ2v) is 6.40. The molecule has 3 nitrogen and oxygen atoms in total. The van der Waals surface area contributed by atoms with Crippen LogP contribution >= 0.6 is 0 Å². The van der Waals surface area contributed by atoms with Crippen molar-refractivity contribution in [2.24, 2.45) is 11.1 Å². The summed E-state index contributed by atoms with van der Waals surface area (Å²) in [6.45, 7) is 4.72. The van der Waals surface area contributed by atoms with Gasteiger partial charge in [-0.3, -0.25) is 0 Å². The highest BCUT2D eigenvalue weighted by molar-refractivity contribution is 4.71. The first-order valence-electron chi connectivity index (χ1n) is 9.23. The molecule has 0 aromatic rings. The third-order valence-corrected chi connectivity index (χ3v) is 4.39. The van der Waals surface area contributed by atoms with Crippen LogP contribution in [0.5, 0.6) is 0 Å². The van der Waals surface area contributed by atoms with Crippen LogP contribution in [0.15, 0.2) is 5.18 Å². The maximum atomic E-state index is 10.5. The van der Waals surface area contributed by atoms with Crippen LogP contribution in [0.25, 0.3) is 0 Å². The van der Waals surface area contributed by atoms with Gasteiger partial charge in [0, 0.05) is 5.92 Å². The van der Waals surface area contributed by atoms with Crippen LogP contribution in [-0.2, 0) is 0 Å². The molecule has 0 amide bonds. The van der Waals surface area contributed by atoms with Crippen LogP contribution in [0, 0.1) is 10.8 Å². The molecule has 0 heterocycles. The van der Waals surface area contributed by atoms with Crippen molar-refractivity contribution in [2.45, 2.75) is 103 Å². The Bertz CT molecular complexity index is 221. The number of aliphatic hydroxyl groups excluding tert-OH is 1. The average molecular weight is 299 g/mol. The van der Waals surface area contributed by atoms with E-state index in [2.05, 4.69) is 19.0 Å². The minimum absolute atomic E-state index is 0.0831. The summed E-state index contributed by atoms with van der Waals surface area (Å²) in [7, 11) is 0. The minimum Gasteiger partial charge on any atom is -0.393 e. The standard InChI is InChI=1S/C18H37NO2/c1-3-5-7-9-11-13-15-18(20)17(16-19-21)14-12-10-8-6-4-2/h17-18,20H,3-16H2,1-2H3. The van der Waals surface area contributed by atoms with Crippen molar-refractivity contribution in [1.82, 2.24) is 0 Å². The maximum Gasteiger partial charge on any atom is 0.0863 e.